The molecule has 11 rings (SSSR count). The third-order valence-electron chi connectivity index (χ3n) is 25.3. The minimum atomic E-state index is -2.78. The Morgan fingerprint density at radius 2 is 0.460 bits per heavy atom. The largest absolute Gasteiger partial charge is 0.394 e. The number of ether oxygens (including phenoxy) is 21. The Labute approximate surface area is 788 Å². The standard InChI is InChI=1S/C78H130N6O55/c1-18-41(98)54(111)57(114)74(122-18)120-17-34-64(51(108)35(68(118)123-34)79-19(2)92)134-72-39(83-23(6)96)52(109)62(30(13-90)128-72)136-76-60(117)65(47(104)33(131-76)16-121-77-66(138-71-38(82-22(5)95)50(107)44(101)27(10-87)126-71)56(113)46(103)32(132-77)15-119-69-36(80-20(3)93)48(105)42(99)25(8-85)124-69)137-78-67(59(116)63(31(14-91)130-78)133-70-37(81-21(4)94)49(106)43(100)26(9-86)125-70)139-73-40(84-24(7)97)53(110)61(29(12-89)129-73)135-75-58(115)55(112)45(102)28(11-88)127-75/h18,25-78,85-91,98-118H,8-17H2,1-7H3,(H,79,92)(H,80,93)(H,81,94)(H,82,95)(H,83,96)(H,84,97)/t18-,25+,26+,27+,28+,29+,30+,31+,32+,33+,34+,35+,36+,37+,38+,39+,40+,41+,42+,43+,44+,45-,46+,47+,48+,49+,50+,51+,52+,53+,54-,55-,56-,57-,58+,59-,60-,61+,62+,63+,64+,65-,66-,67-,68+,69+,70-,71-,72-,73-,74+,75-,76-,77-,78+/m0/s1. The molecule has 0 spiro atoms. The molecule has 0 aromatic carbocycles. The Morgan fingerprint density at radius 3 is 0.885 bits per heavy atom. The summed E-state index contributed by atoms with van der Waals surface area (Å²) in [5.74, 6) is -5.69. The van der Waals surface area contributed by atoms with Crippen molar-refractivity contribution in [3.63, 3.8) is 0 Å². The van der Waals surface area contributed by atoms with Crippen LogP contribution in [0.25, 0.3) is 0 Å². The van der Waals surface area contributed by atoms with Crippen LogP contribution in [0.3, 0.4) is 0 Å². The molecule has 6 amide bonds. The number of nitrogens with one attached hydrogen (secondary N) is 6. The average Bonchev–Trinajstić information content (AvgIpc) is 0.769. The molecule has 11 aliphatic heterocycles. The number of aliphatic hydroxyl groups is 28. The molecule has 61 heteroatoms. The zero-order valence-electron chi connectivity index (χ0n) is 75.4. The molecule has 0 unspecified atom stereocenters. The summed E-state index contributed by atoms with van der Waals surface area (Å²) in [7, 11) is 0. The normalized spacial score (nSPS) is 48.3. The highest BCUT2D eigenvalue weighted by Crippen LogP contribution is 2.42. The van der Waals surface area contributed by atoms with Gasteiger partial charge in [-0.25, -0.2) is 0 Å². The quantitative estimate of drug-likeness (QED) is 0.0277. The molecule has 802 valence electrons. The highest BCUT2D eigenvalue weighted by atomic mass is 16.8. The number of hydrogen-bond donors (Lipinski definition) is 34. The summed E-state index contributed by atoms with van der Waals surface area (Å²) in [5, 5.41) is 333. The van der Waals surface area contributed by atoms with E-state index >= 15 is 0 Å². The van der Waals surface area contributed by atoms with Crippen molar-refractivity contribution in [1.29, 1.82) is 0 Å². The lowest BCUT2D eigenvalue weighted by atomic mass is 9.93. The first kappa shape index (κ1) is 114. The van der Waals surface area contributed by atoms with Gasteiger partial charge < -0.3 is 274 Å². The van der Waals surface area contributed by atoms with E-state index in [0.29, 0.717) is 0 Å². The second kappa shape index (κ2) is 50.0. The first-order chi connectivity index (χ1) is 65.6. The van der Waals surface area contributed by atoms with Crippen LogP contribution >= 0.6 is 0 Å². The van der Waals surface area contributed by atoms with Gasteiger partial charge in [0.05, 0.1) is 72.2 Å². The molecule has 0 radical (unpaired) electrons. The van der Waals surface area contributed by atoms with Crippen molar-refractivity contribution in [3.8, 4) is 0 Å². The summed E-state index contributed by atoms with van der Waals surface area (Å²) < 4.78 is 127. The first-order valence-corrected chi connectivity index (χ1v) is 44.5. The molecular weight excluding hydrogens is 1900 g/mol. The van der Waals surface area contributed by atoms with Crippen molar-refractivity contribution in [2.45, 2.75) is 386 Å². The molecule has 55 atom stereocenters. The van der Waals surface area contributed by atoms with E-state index in [2.05, 4.69) is 31.9 Å². The molecule has 0 aliphatic carbocycles. The maximum atomic E-state index is 13.5. The van der Waals surface area contributed by atoms with Gasteiger partial charge in [-0.3, -0.25) is 28.8 Å². The Balaban J connectivity index is 1.00. The van der Waals surface area contributed by atoms with Gasteiger partial charge in [0, 0.05) is 41.5 Å². The molecule has 11 heterocycles. The number of amides is 6. The molecule has 139 heavy (non-hydrogen) atoms. The summed E-state index contributed by atoms with van der Waals surface area (Å²) >= 11 is 0. The van der Waals surface area contributed by atoms with E-state index < -0.39 is 439 Å². The van der Waals surface area contributed by atoms with Crippen LogP contribution in [-0.4, -0.2) is 582 Å². The Morgan fingerprint density at radius 1 is 0.201 bits per heavy atom. The van der Waals surface area contributed by atoms with E-state index in [9.17, 15) is 172 Å². The monoisotopic (exact) mass is 2030 g/mol. The maximum Gasteiger partial charge on any atom is 0.217 e. The number of carbonyl (C=O) groups excluding carboxylic acids is 6. The van der Waals surface area contributed by atoms with Crippen LogP contribution in [0.2, 0.25) is 0 Å². The van der Waals surface area contributed by atoms with Gasteiger partial charge in [0.2, 0.25) is 35.4 Å². The summed E-state index contributed by atoms with van der Waals surface area (Å²) in [6.45, 7) is -4.57. The van der Waals surface area contributed by atoms with Crippen molar-refractivity contribution in [3.05, 3.63) is 0 Å². The van der Waals surface area contributed by atoms with Crippen LogP contribution in [0, 0.1) is 0 Å². The van der Waals surface area contributed by atoms with Crippen LogP contribution in [-0.2, 0) is 128 Å². The van der Waals surface area contributed by atoms with Crippen molar-refractivity contribution >= 4 is 35.4 Å². The lowest BCUT2D eigenvalue weighted by Gasteiger charge is -2.52. The van der Waals surface area contributed by atoms with Gasteiger partial charge in [0.15, 0.2) is 69.2 Å². The topological polar surface area (TPSA) is 935 Å². The molecule has 0 aromatic rings. The number of hydrogen-bond acceptors (Lipinski definition) is 55. The van der Waals surface area contributed by atoms with Gasteiger partial charge in [-0.05, 0) is 6.92 Å². The maximum absolute atomic E-state index is 13.5. The van der Waals surface area contributed by atoms with Crippen LogP contribution in [0.15, 0.2) is 0 Å². The van der Waals surface area contributed by atoms with Gasteiger partial charge in [-0.1, -0.05) is 0 Å². The third-order valence-corrected chi connectivity index (χ3v) is 25.3. The smallest absolute Gasteiger partial charge is 0.217 e. The number of carbonyl (C=O) groups is 6. The van der Waals surface area contributed by atoms with Gasteiger partial charge in [0.25, 0.3) is 0 Å². The molecule has 34 N–H and O–H groups in total. The Hall–Kier alpha value is -5.14. The van der Waals surface area contributed by atoms with Crippen molar-refractivity contribution in [2.24, 2.45) is 0 Å². The second-order valence-corrected chi connectivity index (χ2v) is 35.3. The molecular formula is C78H130N6O55. The lowest BCUT2D eigenvalue weighted by Crippen LogP contribution is -2.71. The number of rotatable bonds is 36. The van der Waals surface area contributed by atoms with E-state index in [1.165, 1.54) is 6.92 Å². The summed E-state index contributed by atoms with van der Waals surface area (Å²) in [5.41, 5.74) is 0. The molecule has 0 saturated carbocycles. The van der Waals surface area contributed by atoms with Crippen LogP contribution in [0.1, 0.15) is 48.5 Å². The van der Waals surface area contributed by atoms with Crippen LogP contribution in [0.4, 0.5) is 0 Å². The SMILES string of the molecule is CC(=O)N[C@@H]1[C@@H](O)[C@H](O[C@@H]2O[C@H](CO)[C@@H](O[C@@H]3O[C@H](CO[C@H]4O[C@H](CO[C@@H]5O[C@H](CO)[C@@H](O)[C@H](O)[C@H]5NC(C)=O)[C@@H](O)[C@H](O)[C@@H]4O[C@@H]4O[C@H](CO)[C@@H](O)[C@H](O)[C@H]4NC(C)=O)[C@@H](O)[C@H](O[C@H]4O[C@H](CO)[C@@H](O[C@@H]5O[C@H](CO)[C@@H](O)[C@H](O)[C@H]5NC(C)=O)[C@H](O)[C@@H]4O[C@@H]4O[C@H](CO)[C@@H](O[C@@H]5O[C@H](CO)[C@H](O)[C@H](O)[C@H]5O)[C@H](O)[C@H]4NC(C)=O)[C@@H]3O)[C@H](O)[C@H]2NC(C)=O)[C@@H](CO[C@@H]2O[C@@H](C)[C@@H](O)[C@H](O)[C@@H]2O)O[C@H]1O. The number of aliphatic hydroxyl groups excluding tert-OH is 28. The lowest BCUT2D eigenvalue weighted by molar-refractivity contribution is -0.405. The van der Waals surface area contributed by atoms with Crippen LogP contribution < -0.4 is 31.9 Å². The van der Waals surface area contributed by atoms with Crippen molar-refractivity contribution < 1.29 is 271 Å². The zero-order valence-corrected chi connectivity index (χ0v) is 75.4. The average molecular weight is 2030 g/mol. The van der Waals surface area contributed by atoms with E-state index in [4.69, 9.17) is 99.5 Å². The summed E-state index contributed by atoms with van der Waals surface area (Å²) in [6, 6.07) is -11.5. The molecule has 11 fully saturated rings. The van der Waals surface area contributed by atoms with Gasteiger partial charge in [-0.15, -0.1) is 0 Å². The molecule has 11 aliphatic rings. The second-order valence-electron chi connectivity index (χ2n) is 35.3. The van der Waals surface area contributed by atoms with Crippen molar-refractivity contribution in [1.82, 2.24) is 31.9 Å². The first-order valence-electron chi connectivity index (χ1n) is 44.5. The summed E-state index contributed by atoms with van der Waals surface area (Å²) in [4.78, 5) is 77.6. The predicted octanol–water partition coefficient (Wildman–Crippen LogP) is -23.1. The van der Waals surface area contributed by atoms with Crippen molar-refractivity contribution in [2.75, 3.05) is 66.1 Å². The fourth-order valence-electron chi connectivity index (χ4n) is 18.0. The highest BCUT2D eigenvalue weighted by Gasteiger charge is 2.63. The van der Waals surface area contributed by atoms with Gasteiger partial charge in [0.1, 0.15) is 262 Å². The van der Waals surface area contributed by atoms with E-state index in [-0.39, 0.29) is 0 Å². The fraction of sp³-hybridized carbons (Fsp3) is 0.923. The third kappa shape index (κ3) is 26.0. The Bertz CT molecular complexity index is 3900. The minimum absolute atomic E-state index is 0.841. The van der Waals surface area contributed by atoms with E-state index in [1.807, 2.05) is 0 Å². The van der Waals surface area contributed by atoms with Gasteiger partial charge in [-0.2, -0.15) is 0 Å². The molecule has 61 nitrogen and oxygen atoms in total. The summed E-state index contributed by atoms with van der Waals surface area (Å²) in [6.07, 6.45) is -105. The predicted molar refractivity (Wildman–Crippen MR) is 430 cm³/mol. The Kier molecular flexibility index (Phi) is 41.1. The van der Waals surface area contributed by atoms with Crippen LogP contribution in [0.5, 0.6) is 0 Å². The van der Waals surface area contributed by atoms with Gasteiger partial charge >= 0.3 is 0 Å². The highest BCUT2D eigenvalue weighted by molar-refractivity contribution is 5.75. The molecule has 11 saturated heterocycles. The zero-order chi connectivity index (χ0) is 102. The van der Waals surface area contributed by atoms with E-state index in [1.54, 1.807) is 0 Å². The van der Waals surface area contributed by atoms with E-state index in [0.717, 1.165) is 41.5 Å². The molecule has 0 aromatic heterocycles. The fourth-order valence-corrected chi connectivity index (χ4v) is 18.0. The molecule has 0 bridgehead atoms. The minimum Gasteiger partial charge on any atom is -0.394 e.